The van der Waals surface area contributed by atoms with Gasteiger partial charge in [0.1, 0.15) is 0 Å². The first-order chi connectivity index (χ1) is 18.5. The molecule has 39 heavy (non-hydrogen) atoms. The molecule has 8 nitrogen and oxygen atoms in total. The maximum Gasteiger partial charge on any atom is 0.416 e. The number of halogens is 3. The van der Waals surface area contributed by atoms with E-state index in [0.29, 0.717) is 62.4 Å². The number of carboxylic acid groups (broad SMARTS) is 1. The molecule has 2 fully saturated rings. The van der Waals surface area contributed by atoms with Gasteiger partial charge in [0.25, 0.3) is 11.5 Å². The van der Waals surface area contributed by atoms with Crippen LogP contribution in [0.5, 0.6) is 0 Å². The lowest BCUT2D eigenvalue weighted by Crippen LogP contribution is -2.38. The lowest BCUT2D eigenvalue weighted by atomic mass is 9.97. The van der Waals surface area contributed by atoms with Crippen LogP contribution >= 0.6 is 11.8 Å². The predicted octanol–water partition coefficient (Wildman–Crippen LogP) is 5.25. The van der Waals surface area contributed by atoms with Gasteiger partial charge in [0.05, 0.1) is 17.2 Å². The molecule has 0 saturated carbocycles. The summed E-state index contributed by atoms with van der Waals surface area (Å²) in [5, 5.41) is 12.1. The second-order valence-electron chi connectivity index (χ2n) is 9.94. The number of nitrogens with one attached hydrogen (secondary N) is 1. The molecule has 4 rings (SSSR count). The highest BCUT2D eigenvalue weighted by molar-refractivity contribution is 8.00. The molecule has 2 saturated heterocycles. The molecule has 0 aliphatic carbocycles. The SMILES string of the molecule is Cc1c([C@@H](C)NC(=O)c2cn(C3CCOCC3)c(=O)cc2SC2CCN(C(=O)O)CC2)cccc1C(F)(F)F. The van der Waals surface area contributed by atoms with Crippen molar-refractivity contribution in [1.82, 2.24) is 14.8 Å². The van der Waals surface area contributed by atoms with Crippen LogP contribution < -0.4 is 10.9 Å². The molecule has 2 aromatic rings. The number of likely N-dealkylation sites (tertiary alicyclic amines) is 1. The molecule has 2 aliphatic heterocycles. The smallest absolute Gasteiger partial charge is 0.416 e. The van der Waals surface area contributed by atoms with Crippen molar-refractivity contribution >= 4 is 23.8 Å². The molecule has 1 atom stereocenters. The van der Waals surface area contributed by atoms with Crippen LogP contribution in [0.3, 0.4) is 0 Å². The number of thioether (sulfide) groups is 1. The van der Waals surface area contributed by atoms with Gasteiger partial charge in [-0.2, -0.15) is 13.2 Å². The third-order valence-electron chi connectivity index (χ3n) is 7.37. The van der Waals surface area contributed by atoms with Crippen LogP contribution in [-0.4, -0.2) is 58.1 Å². The Hall–Kier alpha value is -2.99. The molecule has 0 unspecified atom stereocenters. The zero-order valence-corrected chi connectivity index (χ0v) is 22.6. The van der Waals surface area contributed by atoms with Gasteiger partial charge in [0, 0.05) is 54.8 Å². The quantitative estimate of drug-likeness (QED) is 0.495. The Bertz CT molecular complexity index is 1270. The second-order valence-corrected chi connectivity index (χ2v) is 11.3. The summed E-state index contributed by atoms with van der Waals surface area (Å²) in [6.45, 7) is 4.74. The van der Waals surface area contributed by atoms with Crippen LogP contribution in [0.4, 0.5) is 18.0 Å². The monoisotopic (exact) mass is 567 g/mol. The Morgan fingerprint density at radius 2 is 1.82 bits per heavy atom. The molecule has 1 aromatic heterocycles. The first-order valence-electron chi connectivity index (χ1n) is 12.9. The lowest BCUT2D eigenvalue weighted by Gasteiger charge is -2.30. The van der Waals surface area contributed by atoms with Crippen LogP contribution in [0.15, 0.2) is 40.2 Å². The van der Waals surface area contributed by atoms with Crippen LogP contribution in [-0.2, 0) is 10.9 Å². The van der Waals surface area contributed by atoms with E-state index in [1.165, 1.54) is 35.7 Å². The molecular weight excluding hydrogens is 535 g/mol. The third kappa shape index (κ3) is 6.78. The van der Waals surface area contributed by atoms with Crippen LogP contribution in [0.25, 0.3) is 0 Å². The van der Waals surface area contributed by atoms with Crippen molar-refractivity contribution in [3.63, 3.8) is 0 Å². The Labute approximate surface area is 228 Å². The number of alkyl halides is 3. The van der Waals surface area contributed by atoms with Crippen molar-refractivity contribution < 1.29 is 32.6 Å². The largest absolute Gasteiger partial charge is 0.465 e. The summed E-state index contributed by atoms with van der Waals surface area (Å²) in [5.41, 5.74) is -0.331. The number of pyridine rings is 1. The highest BCUT2D eigenvalue weighted by Crippen LogP contribution is 2.36. The first-order valence-corrected chi connectivity index (χ1v) is 13.8. The Morgan fingerprint density at radius 3 is 2.44 bits per heavy atom. The van der Waals surface area contributed by atoms with E-state index >= 15 is 0 Å². The van der Waals surface area contributed by atoms with Crippen molar-refractivity contribution in [3.8, 4) is 0 Å². The fraction of sp³-hybridized carbons (Fsp3) is 0.519. The number of carbonyl (C=O) groups excluding carboxylic acids is 1. The van der Waals surface area contributed by atoms with E-state index in [9.17, 15) is 32.7 Å². The minimum atomic E-state index is -4.51. The topological polar surface area (TPSA) is 101 Å². The number of ether oxygens (including phenoxy) is 1. The van der Waals surface area contributed by atoms with E-state index in [2.05, 4.69) is 5.32 Å². The van der Waals surface area contributed by atoms with Crippen LogP contribution in [0.1, 0.15) is 71.7 Å². The average Bonchev–Trinajstić information content (AvgIpc) is 2.89. The van der Waals surface area contributed by atoms with E-state index in [0.717, 1.165) is 6.07 Å². The van der Waals surface area contributed by atoms with Gasteiger partial charge in [-0.15, -0.1) is 11.8 Å². The Balaban J connectivity index is 1.62. The first kappa shape index (κ1) is 29.0. The average molecular weight is 568 g/mol. The second kappa shape index (κ2) is 12.0. The highest BCUT2D eigenvalue weighted by Gasteiger charge is 2.34. The van der Waals surface area contributed by atoms with Gasteiger partial charge in [-0.25, -0.2) is 4.79 Å². The van der Waals surface area contributed by atoms with E-state index in [4.69, 9.17) is 4.74 Å². The zero-order valence-electron chi connectivity index (χ0n) is 21.8. The summed E-state index contributed by atoms with van der Waals surface area (Å²) >= 11 is 1.37. The van der Waals surface area contributed by atoms with Crippen molar-refractivity contribution in [2.75, 3.05) is 26.3 Å². The van der Waals surface area contributed by atoms with E-state index in [-0.39, 0.29) is 28.0 Å². The predicted molar refractivity (Wildman–Crippen MR) is 140 cm³/mol. The molecule has 0 spiro atoms. The lowest BCUT2D eigenvalue weighted by molar-refractivity contribution is -0.138. The minimum absolute atomic E-state index is 0.00798. The number of piperidine rings is 1. The molecule has 212 valence electrons. The van der Waals surface area contributed by atoms with Crippen molar-refractivity contribution in [1.29, 1.82) is 0 Å². The number of amides is 2. The number of hydrogen-bond donors (Lipinski definition) is 2. The molecule has 0 radical (unpaired) electrons. The maximum atomic E-state index is 13.6. The molecule has 2 amide bonds. The molecule has 2 N–H and O–H groups in total. The number of hydrogen-bond acceptors (Lipinski definition) is 5. The maximum absolute atomic E-state index is 13.6. The van der Waals surface area contributed by atoms with Gasteiger partial charge < -0.3 is 24.6 Å². The molecule has 3 heterocycles. The molecular formula is C27H32F3N3O5S. The van der Waals surface area contributed by atoms with Crippen LogP contribution in [0, 0.1) is 6.92 Å². The molecule has 2 aliphatic rings. The Morgan fingerprint density at radius 1 is 1.15 bits per heavy atom. The molecule has 12 heteroatoms. The Kier molecular flexibility index (Phi) is 8.95. The summed E-state index contributed by atoms with van der Waals surface area (Å²) in [6, 6.07) is 4.49. The zero-order chi connectivity index (χ0) is 28.3. The fourth-order valence-corrected chi connectivity index (χ4v) is 6.42. The fourth-order valence-electron chi connectivity index (χ4n) is 5.17. The van der Waals surface area contributed by atoms with Gasteiger partial charge >= 0.3 is 12.3 Å². The number of rotatable bonds is 6. The van der Waals surface area contributed by atoms with E-state index in [1.807, 2.05) is 0 Å². The third-order valence-corrected chi connectivity index (χ3v) is 8.77. The summed E-state index contributed by atoms with van der Waals surface area (Å²) in [6.07, 6.45) is -1.54. The van der Waals surface area contributed by atoms with Gasteiger partial charge in [-0.3, -0.25) is 9.59 Å². The number of nitrogens with zero attached hydrogens (tertiary/aromatic N) is 2. The van der Waals surface area contributed by atoms with Crippen molar-refractivity contribution in [2.45, 2.75) is 67.9 Å². The minimum Gasteiger partial charge on any atom is -0.465 e. The van der Waals surface area contributed by atoms with Gasteiger partial charge in [0.15, 0.2) is 0 Å². The normalized spacial score (nSPS) is 18.1. The molecule has 1 aromatic carbocycles. The van der Waals surface area contributed by atoms with Crippen molar-refractivity contribution in [3.05, 3.63) is 63.1 Å². The highest BCUT2D eigenvalue weighted by atomic mass is 32.2. The number of aromatic nitrogens is 1. The summed E-state index contributed by atoms with van der Waals surface area (Å²) in [4.78, 5) is 39.8. The summed E-state index contributed by atoms with van der Waals surface area (Å²) < 4.78 is 47.3. The van der Waals surface area contributed by atoms with Gasteiger partial charge in [0.2, 0.25) is 0 Å². The molecule has 0 bridgehead atoms. The van der Waals surface area contributed by atoms with Gasteiger partial charge in [-0.05, 0) is 56.7 Å². The van der Waals surface area contributed by atoms with Crippen LogP contribution in [0.2, 0.25) is 0 Å². The standard InChI is InChI=1S/C27H32F3N3O5S/c1-16-20(4-3-5-22(16)27(28,29)30)17(2)31-25(35)21-15-33(18-8-12-38-13-9-18)24(34)14-23(21)39-19-6-10-32(11-7-19)26(36)37/h3-5,14-15,17-19H,6-13H2,1-2H3,(H,31,35)(H,36,37)/t17-/m1/s1. The number of carbonyl (C=O) groups is 2. The van der Waals surface area contributed by atoms with E-state index < -0.39 is 29.8 Å². The summed E-state index contributed by atoms with van der Waals surface area (Å²) in [7, 11) is 0. The van der Waals surface area contributed by atoms with Crippen molar-refractivity contribution in [2.24, 2.45) is 0 Å². The summed E-state index contributed by atoms with van der Waals surface area (Å²) in [5.74, 6) is -0.495. The van der Waals surface area contributed by atoms with Gasteiger partial charge in [-0.1, -0.05) is 12.1 Å². The van der Waals surface area contributed by atoms with E-state index in [1.54, 1.807) is 23.8 Å². The number of benzene rings is 1.